The molecular weight excluding hydrogens is 246 g/mol. The van der Waals surface area contributed by atoms with Crippen LogP contribution in [0.5, 0.6) is 0 Å². The van der Waals surface area contributed by atoms with Crippen molar-refractivity contribution < 1.29 is 5.11 Å². The summed E-state index contributed by atoms with van der Waals surface area (Å²) in [6.45, 7) is 2.02. The quantitative estimate of drug-likeness (QED) is 0.654. The summed E-state index contributed by atoms with van der Waals surface area (Å²) in [6.07, 6.45) is 6.01. The maximum atomic E-state index is 9.85. The van der Waals surface area contributed by atoms with Gasteiger partial charge < -0.3 is 10.0 Å². The first-order valence-corrected chi connectivity index (χ1v) is 7.76. The molecule has 3 rings (SSSR count). The molecule has 3 heterocycles. The highest BCUT2D eigenvalue weighted by atomic mass is 32.2. The summed E-state index contributed by atoms with van der Waals surface area (Å²) >= 11 is 1.59. The number of thioether (sulfide) groups is 1. The highest BCUT2D eigenvalue weighted by molar-refractivity contribution is 7.98. The van der Waals surface area contributed by atoms with Crippen molar-refractivity contribution in [2.75, 3.05) is 11.2 Å². The van der Waals surface area contributed by atoms with Crippen LogP contribution in [0, 0.1) is 6.92 Å². The predicted molar refractivity (Wildman–Crippen MR) is 73.1 cm³/mol. The number of anilines is 1. The SMILES string of the molecule is CSc1nc(C)cc(N2C3CCC2CC(O)C3)n1. The summed E-state index contributed by atoms with van der Waals surface area (Å²) < 4.78 is 0. The second-order valence-electron chi connectivity index (χ2n) is 5.27. The van der Waals surface area contributed by atoms with Crippen LogP contribution in [0.2, 0.25) is 0 Å². The monoisotopic (exact) mass is 265 g/mol. The molecule has 4 nitrogen and oxygen atoms in total. The molecule has 2 aliphatic heterocycles. The Hall–Kier alpha value is -0.810. The van der Waals surface area contributed by atoms with E-state index in [2.05, 4.69) is 20.9 Å². The van der Waals surface area contributed by atoms with Gasteiger partial charge in [-0.1, -0.05) is 11.8 Å². The molecule has 0 aliphatic carbocycles. The molecule has 1 aromatic rings. The molecular formula is C13H19N3OS. The molecule has 98 valence electrons. The van der Waals surface area contributed by atoms with Crippen molar-refractivity contribution in [2.45, 2.75) is 56.0 Å². The zero-order chi connectivity index (χ0) is 12.7. The first-order valence-electron chi connectivity index (χ1n) is 6.53. The van der Waals surface area contributed by atoms with E-state index in [4.69, 9.17) is 0 Å². The first kappa shape index (κ1) is 12.2. The van der Waals surface area contributed by atoms with Gasteiger partial charge in [-0.25, -0.2) is 9.97 Å². The Labute approximate surface area is 112 Å². The third-order valence-electron chi connectivity index (χ3n) is 3.98. The molecule has 0 saturated carbocycles. The fourth-order valence-electron chi connectivity index (χ4n) is 3.27. The van der Waals surface area contributed by atoms with Gasteiger partial charge in [-0.2, -0.15) is 0 Å². The van der Waals surface area contributed by atoms with Gasteiger partial charge in [0.05, 0.1) is 6.10 Å². The first-order chi connectivity index (χ1) is 8.67. The fourth-order valence-corrected chi connectivity index (χ4v) is 3.69. The van der Waals surface area contributed by atoms with E-state index in [0.717, 1.165) is 29.5 Å². The summed E-state index contributed by atoms with van der Waals surface area (Å²) in [7, 11) is 0. The summed E-state index contributed by atoms with van der Waals surface area (Å²) in [4.78, 5) is 11.5. The van der Waals surface area contributed by atoms with Crippen LogP contribution in [0.15, 0.2) is 11.2 Å². The van der Waals surface area contributed by atoms with E-state index in [1.807, 2.05) is 13.2 Å². The Bertz CT molecular complexity index is 440. The van der Waals surface area contributed by atoms with Gasteiger partial charge >= 0.3 is 0 Å². The lowest BCUT2D eigenvalue weighted by Gasteiger charge is -2.38. The number of hydrogen-bond donors (Lipinski definition) is 1. The normalized spacial score (nSPS) is 30.8. The van der Waals surface area contributed by atoms with Crippen molar-refractivity contribution in [3.63, 3.8) is 0 Å². The number of nitrogens with zero attached hydrogens (tertiary/aromatic N) is 3. The second kappa shape index (κ2) is 4.70. The van der Waals surface area contributed by atoms with Crippen LogP contribution < -0.4 is 4.90 Å². The minimum atomic E-state index is -0.123. The molecule has 2 unspecified atom stereocenters. The summed E-state index contributed by atoms with van der Waals surface area (Å²) in [6, 6.07) is 2.99. The van der Waals surface area contributed by atoms with E-state index in [1.54, 1.807) is 11.8 Å². The van der Waals surface area contributed by atoms with Gasteiger partial charge in [0.25, 0.3) is 0 Å². The molecule has 1 N–H and O–H groups in total. The van der Waals surface area contributed by atoms with Crippen molar-refractivity contribution in [1.29, 1.82) is 0 Å². The lowest BCUT2D eigenvalue weighted by atomic mass is 10.00. The van der Waals surface area contributed by atoms with Crippen molar-refractivity contribution in [2.24, 2.45) is 0 Å². The van der Waals surface area contributed by atoms with Crippen LogP contribution in [0.25, 0.3) is 0 Å². The van der Waals surface area contributed by atoms with Crippen molar-refractivity contribution >= 4 is 17.6 Å². The summed E-state index contributed by atoms with van der Waals surface area (Å²) in [5, 5.41) is 10.7. The number of aryl methyl sites for hydroxylation is 1. The molecule has 5 heteroatoms. The number of aliphatic hydroxyl groups is 1. The topological polar surface area (TPSA) is 49.2 Å². The predicted octanol–water partition coefficient (Wildman–Crippen LogP) is 2.00. The summed E-state index contributed by atoms with van der Waals surface area (Å²) in [5.74, 6) is 1.05. The van der Waals surface area contributed by atoms with Gasteiger partial charge in [0.1, 0.15) is 5.82 Å². The number of rotatable bonds is 2. The van der Waals surface area contributed by atoms with E-state index in [-0.39, 0.29) is 6.10 Å². The van der Waals surface area contributed by atoms with Crippen LogP contribution in [-0.2, 0) is 0 Å². The van der Waals surface area contributed by atoms with Gasteiger partial charge in [-0.15, -0.1) is 0 Å². The Balaban J connectivity index is 1.93. The molecule has 0 amide bonds. The van der Waals surface area contributed by atoms with E-state index < -0.39 is 0 Å². The molecule has 0 spiro atoms. The van der Waals surface area contributed by atoms with Gasteiger partial charge in [0.15, 0.2) is 5.16 Å². The van der Waals surface area contributed by atoms with Gasteiger partial charge in [-0.05, 0) is 38.9 Å². The van der Waals surface area contributed by atoms with Crippen molar-refractivity contribution in [3.8, 4) is 0 Å². The third-order valence-corrected chi connectivity index (χ3v) is 4.52. The maximum absolute atomic E-state index is 9.85. The molecule has 2 saturated heterocycles. The molecule has 2 fully saturated rings. The zero-order valence-electron chi connectivity index (χ0n) is 10.8. The van der Waals surface area contributed by atoms with Crippen molar-refractivity contribution in [3.05, 3.63) is 11.8 Å². The van der Waals surface area contributed by atoms with Gasteiger partial charge in [-0.3, -0.25) is 0 Å². The second-order valence-corrected chi connectivity index (χ2v) is 6.05. The van der Waals surface area contributed by atoms with Gasteiger partial charge in [0, 0.05) is 23.8 Å². The molecule has 0 aromatic carbocycles. The third kappa shape index (κ3) is 2.10. The minimum Gasteiger partial charge on any atom is -0.393 e. The number of hydrogen-bond acceptors (Lipinski definition) is 5. The van der Waals surface area contributed by atoms with Crippen LogP contribution >= 0.6 is 11.8 Å². The fraction of sp³-hybridized carbons (Fsp3) is 0.692. The number of aliphatic hydroxyl groups excluding tert-OH is 1. The Kier molecular flexibility index (Phi) is 3.20. The Morgan fingerprint density at radius 2 is 1.94 bits per heavy atom. The minimum absolute atomic E-state index is 0.123. The van der Waals surface area contributed by atoms with E-state index >= 15 is 0 Å². The summed E-state index contributed by atoms with van der Waals surface area (Å²) in [5.41, 5.74) is 1.02. The highest BCUT2D eigenvalue weighted by Gasteiger charge is 2.40. The zero-order valence-corrected chi connectivity index (χ0v) is 11.7. The lowest BCUT2D eigenvalue weighted by molar-refractivity contribution is 0.126. The van der Waals surface area contributed by atoms with Crippen molar-refractivity contribution in [1.82, 2.24) is 9.97 Å². The Morgan fingerprint density at radius 1 is 1.28 bits per heavy atom. The average Bonchev–Trinajstić information content (AvgIpc) is 2.61. The molecule has 1 aromatic heterocycles. The number of fused-ring (bicyclic) bond motifs is 2. The van der Waals surface area contributed by atoms with Gasteiger partial charge in [0.2, 0.25) is 0 Å². The highest BCUT2D eigenvalue weighted by Crippen LogP contribution is 2.38. The van der Waals surface area contributed by atoms with E-state index in [0.29, 0.717) is 12.1 Å². The van der Waals surface area contributed by atoms with Crippen LogP contribution in [0.3, 0.4) is 0 Å². The largest absolute Gasteiger partial charge is 0.393 e. The molecule has 2 atom stereocenters. The molecule has 2 aliphatic rings. The van der Waals surface area contributed by atoms with E-state index in [1.165, 1.54) is 12.8 Å². The Morgan fingerprint density at radius 3 is 2.56 bits per heavy atom. The smallest absolute Gasteiger partial charge is 0.189 e. The standard InChI is InChI=1S/C13H19N3OS/c1-8-5-12(15-13(14-8)18-2)16-9-3-4-10(16)7-11(17)6-9/h5,9-11,17H,3-4,6-7H2,1-2H3. The maximum Gasteiger partial charge on any atom is 0.189 e. The van der Waals surface area contributed by atoms with E-state index in [9.17, 15) is 5.11 Å². The molecule has 18 heavy (non-hydrogen) atoms. The lowest BCUT2D eigenvalue weighted by Crippen LogP contribution is -2.45. The van der Waals surface area contributed by atoms with Crippen LogP contribution in [0.1, 0.15) is 31.4 Å². The molecule has 0 radical (unpaired) electrons. The number of piperidine rings is 1. The van der Waals surface area contributed by atoms with Crippen LogP contribution in [0.4, 0.5) is 5.82 Å². The number of aromatic nitrogens is 2. The van der Waals surface area contributed by atoms with Crippen LogP contribution in [-0.4, -0.2) is 39.5 Å². The molecule has 2 bridgehead atoms. The average molecular weight is 265 g/mol.